The predicted octanol–water partition coefficient (Wildman–Crippen LogP) is 1.10. The molecule has 1 heterocycles. The maximum absolute atomic E-state index is 5.11. The second kappa shape index (κ2) is 3.88. The smallest absolute Gasteiger partial charge is 0.119 e. The quantitative estimate of drug-likeness (QED) is 0.723. The zero-order valence-corrected chi connectivity index (χ0v) is 8.66. The summed E-state index contributed by atoms with van der Waals surface area (Å²) in [6.07, 6.45) is 0. The maximum atomic E-state index is 5.11. The number of benzene rings is 1. The predicted molar refractivity (Wildman–Crippen MR) is 58.1 cm³/mol. The minimum atomic E-state index is 0.674. The molecule has 76 valence electrons. The van der Waals surface area contributed by atoms with Gasteiger partial charge >= 0.3 is 0 Å². The molecule has 14 heavy (non-hydrogen) atoms. The first-order valence-corrected chi connectivity index (χ1v) is 4.90. The number of nitrogens with zero attached hydrogens (tertiary/aromatic N) is 1. The van der Waals surface area contributed by atoms with Gasteiger partial charge < -0.3 is 15.0 Å². The molecule has 0 saturated carbocycles. The van der Waals surface area contributed by atoms with Crippen molar-refractivity contribution in [3.05, 3.63) is 24.3 Å². The summed E-state index contributed by atoms with van der Waals surface area (Å²) in [6.45, 7) is 2.22. The fraction of sp³-hybridized carbons (Fsp3) is 0.455. The molecule has 3 heteroatoms. The van der Waals surface area contributed by atoms with E-state index in [1.165, 1.54) is 5.69 Å². The number of nitrogens with one attached hydrogen (secondary N) is 1. The van der Waals surface area contributed by atoms with Crippen LogP contribution in [0, 0.1) is 0 Å². The Hall–Kier alpha value is -1.22. The average molecular weight is 192 g/mol. The molecular weight excluding hydrogens is 176 g/mol. The molecule has 1 N–H and O–H groups in total. The number of hydrogen-bond donors (Lipinski definition) is 1. The number of rotatable bonds is 4. The highest BCUT2D eigenvalue weighted by atomic mass is 16.5. The molecular formula is C11H16N2O. The highest BCUT2D eigenvalue weighted by molar-refractivity contribution is 5.55. The molecule has 1 fully saturated rings. The van der Waals surface area contributed by atoms with E-state index < -0.39 is 0 Å². The van der Waals surface area contributed by atoms with Crippen LogP contribution in [-0.4, -0.2) is 33.3 Å². The van der Waals surface area contributed by atoms with Gasteiger partial charge in [-0.2, -0.15) is 0 Å². The molecule has 3 nitrogen and oxygen atoms in total. The second-order valence-corrected chi connectivity index (χ2v) is 3.56. The highest BCUT2D eigenvalue weighted by Gasteiger charge is 2.32. The topological polar surface area (TPSA) is 24.3 Å². The van der Waals surface area contributed by atoms with Crippen LogP contribution in [0.25, 0.3) is 0 Å². The highest BCUT2D eigenvalue weighted by Crippen LogP contribution is 2.28. The molecule has 0 aliphatic carbocycles. The summed E-state index contributed by atoms with van der Waals surface area (Å²) >= 11 is 0. The van der Waals surface area contributed by atoms with Gasteiger partial charge in [-0.05, 0) is 31.3 Å². The van der Waals surface area contributed by atoms with Crippen molar-refractivity contribution < 1.29 is 4.74 Å². The van der Waals surface area contributed by atoms with Crippen LogP contribution in [0.1, 0.15) is 0 Å². The van der Waals surface area contributed by atoms with Crippen molar-refractivity contribution in [2.24, 2.45) is 0 Å². The molecule has 0 amide bonds. The van der Waals surface area contributed by atoms with Crippen molar-refractivity contribution in [2.45, 2.75) is 6.04 Å². The molecule has 1 aliphatic rings. The van der Waals surface area contributed by atoms with Crippen LogP contribution >= 0.6 is 0 Å². The third-order valence-corrected chi connectivity index (χ3v) is 2.56. The number of methoxy groups -OCH3 is 1. The van der Waals surface area contributed by atoms with Crippen LogP contribution in [0.4, 0.5) is 5.69 Å². The zero-order chi connectivity index (χ0) is 9.97. The van der Waals surface area contributed by atoms with E-state index >= 15 is 0 Å². The molecule has 1 saturated heterocycles. The van der Waals surface area contributed by atoms with Crippen LogP contribution < -0.4 is 15.0 Å². The maximum Gasteiger partial charge on any atom is 0.119 e. The Kier molecular flexibility index (Phi) is 2.59. The molecule has 0 radical (unpaired) electrons. The van der Waals surface area contributed by atoms with E-state index in [0.29, 0.717) is 6.04 Å². The summed E-state index contributed by atoms with van der Waals surface area (Å²) < 4.78 is 5.11. The van der Waals surface area contributed by atoms with Crippen molar-refractivity contribution in [1.29, 1.82) is 0 Å². The van der Waals surface area contributed by atoms with Gasteiger partial charge in [-0.15, -0.1) is 0 Å². The molecule has 1 aromatic rings. The lowest BCUT2D eigenvalue weighted by Gasteiger charge is -2.06. The van der Waals surface area contributed by atoms with E-state index in [1.807, 2.05) is 19.2 Å². The Balaban J connectivity index is 1.98. The Bertz CT molecular complexity index is 297. The Morgan fingerprint density at radius 1 is 1.43 bits per heavy atom. The third-order valence-electron chi connectivity index (χ3n) is 2.56. The fourth-order valence-corrected chi connectivity index (χ4v) is 1.68. The van der Waals surface area contributed by atoms with E-state index in [0.717, 1.165) is 18.8 Å². The molecule has 1 aromatic carbocycles. The molecule has 1 aliphatic heterocycles. The first-order valence-electron chi connectivity index (χ1n) is 4.90. The average Bonchev–Trinajstić information content (AvgIpc) is 2.98. The van der Waals surface area contributed by atoms with Gasteiger partial charge in [0.2, 0.25) is 0 Å². The summed E-state index contributed by atoms with van der Waals surface area (Å²) in [6, 6.07) is 8.89. The van der Waals surface area contributed by atoms with Crippen LogP contribution in [0.5, 0.6) is 5.75 Å². The van der Waals surface area contributed by atoms with Crippen LogP contribution in [0.3, 0.4) is 0 Å². The Morgan fingerprint density at radius 3 is 2.71 bits per heavy atom. The van der Waals surface area contributed by atoms with Crippen molar-refractivity contribution in [1.82, 2.24) is 5.32 Å². The second-order valence-electron chi connectivity index (χ2n) is 3.56. The van der Waals surface area contributed by atoms with Crippen LogP contribution in [0.2, 0.25) is 0 Å². The minimum absolute atomic E-state index is 0.674. The first-order chi connectivity index (χ1) is 6.85. The van der Waals surface area contributed by atoms with Crippen molar-refractivity contribution >= 4 is 5.69 Å². The molecule has 0 bridgehead atoms. The summed E-state index contributed by atoms with van der Waals surface area (Å²) in [5.41, 5.74) is 1.28. The van der Waals surface area contributed by atoms with Crippen LogP contribution in [0.15, 0.2) is 24.3 Å². The van der Waals surface area contributed by atoms with Gasteiger partial charge in [-0.1, -0.05) is 0 Å². The van der Waals surface area contributed by atoms with Gasteiger partial charge in [-0.25, -0.2) is 0 Å². The molecule has 1 unspecified atom stereocenters. The molecule has 1 atom stereocenters. The number of likely N-dealkylation sites (N-methyl/N-ethyl adjacent to an activating group) is 1. The van der Waals surface area contributed by atoms with Crippen molar-refractivity contribution in [3.63, 3.8) is 0 Å². The lowest BCUT2D eigenvalue weighted by molar-refractivity contribution is 0.415. The Morgan fingerprint density at radius 2 is 2.14 bits per heavy atom. The number of hydrogen-bond acceptors (Lipinski definition) is 3. The van der Waals surface area contributed by atoms with E-state index in [-0.39, 0.29) is 0 Å². The van der Waals surface area contributed by atoms with Gasteiger partial charge in [0, 0.05) is 18.8 Å². The normalized spacial score (nSPS) is 19.6. The molecule has 0 spiro atoms. The first kappa shape index (κ1) is 9.34. The van der Waals surface area contributed by atoms with Crippen molar-refractivity contribution in [2.75, 3.05) is 32.1 Å². The summed E-state index contributed by atoms with van der Waals surface area (Å²) in [7, 11) is 3.68. The number of ether oxygens (including phenoxy) is 1. The number of anilines is 1. The molecule has 0 aromatic heterocycles. The monoisotopic (exact) mass is 192 g/mol. The summed E-state index contributed by atoms with van der Waals surface area (Å²) in [5.74, 6) is 0.917. The van der Waals surface area contributed by atoms with Gasteiger partial charge in [0.25, 0.3) is 0 Å². The third kappa shape index (κ3) is 1.82. The SMILES string of the molecule is CNCC1CN1c1ccc(OC)cc1. The van der Waals surface area contributed by atoms with E-state index in [2.05, 4.69) is 22.3 Å². The lowest BCUT2D eigenvalue weighted by Crippen LogP contribution is -2.16. The zero-order valence-electron chi connectivity index (χ0n) is 8.66. The van der Waals surface area contributed by atoms with Gasteiger partial charge in [0.1, 0.15) is 5.75 Å². The van der Waals surface area contributed by atoms with Gasteiger partial charge in [0.05, 0.1) is 13.2 Å². The van der Waals surface area contributed by atoms with Gasteiger partial charge in [0.15, 0.2) is 0 Å². The lowest BCUT2D eigenvalue weighted by atomic mass is 10.3. The minimum Gasteiger partial charge on any atom is -0.497 e. The van der Waals surface area contributed by atoms with E-state index in [9.17, 15) is 0 Å². The van der Waals surface area contributed by atoms with Crippen LogP contribution in [-0.2, 0) is 0 Å². The summed E-state index contributed by atoms with van der Waals surface area (Å²) in [5, 5.41) is 3.19. The van der Waals surface area contributed by atoms with E-state index in [4.69, 9.17) is 4.74 Å². The largest absolute Gasteiger partial charge is 0.497 e. The molecule has 2 rings (SSSR count). The van der Waals surface area contributed by atoms with E-state index in [1.54, 1.807) is 7.11 Å². The van der Waals surface area contributed by atoms with Crippen molar-refractivity contribution in [3.8, 4) is 5.75 Å². The van der Waals surface area contributed by atoms with Gasteiger partial charge in [-0.3, -0.25) is 0 Å². The Labute approximate surface area is 84.7 Å². The fourth-order valence-electron chi connectivity index (χ4n) is 1.68. The summed E-state index contributed by atoms with van der Waals surface area (Å²) in [4.78, 5) is 2.37. The standard InChI is InChI=1S/C11H16N2O/c1-12-7-10-8-13(10)9-3-5-11(14-2)6-4-9/h3-6,10,12H,7-8H2,1-2H3.